The van der Waals surface area contributed by atoms with Gasteiger partial charge in [0.25, 0.3) is 0 Å². The second-order valence-corrected chi connectivity index (χ2v) is 6.18. The Balaban J connectivity index is 1.53. The molecule has 130 valence electrons. The molecule has 0 radical (unpaired) electrons. The highest BCUT2D eigenvalue weighted by atomic mass is 16.5. The molecular formula is C17H20N6O2. The lowest BCUT2D eigenvalue weighted by Crippen LogP contribution is -2.25. The molecule has 1 saturated heterocycles. The standard InChI is InChI=1S/C17H20N6O2/c1-11-18-16(21-19-11)14-8-13(24-2)9-23(14)10-15-20-22-17(25-15)12-6-4-3-5-7-12/h3-7,13-14H,8-10H2,1-2H3,(H,18,19,21)/t13-,14+/m1/s1. The van der Waals surface area contributed by atoms with Gasteiger partial charge in [0.2, 0.25) is 11.8 Å². The third kappa shape index (κ3) is 3.31. The number of aromatic nitrogens is 5. The second kappa shape index (κ2) is 6.73. The van der Waals surface area contributed by atoms with Gasteiger partial charge >= 0.3 is 0 Å². The molecular weight excluding hydrogens is 320 g/mol. The van der Waals surface area contributed by atoms with Gasteiger partial charge < -0.3 is 9.15 Å². The van der Waals surface area contributed by atoms with Crippen LogP contribution in [0, 0.1) is 6.92 Å². The Kier molecular flexibility index (Phi) is 4.29. The number of ether oxygens (including phenoxy) is 1. The minimum absolute atomic E-state index is 0.0713. The van der Waals surface area contributed by atoms with Crippen LogP contribution in [-0.2, 0) is 11.3 Å². The van der Waals surface area contributed by atoms with E-state index >= 15 is 0 Å². The lowest BCUT2D eigenvalue weighted by molar-refractivity contribution is 0.106. The molecule has 8 heteroatoms. The fourth-order valence-corrected chi connectivity index (χ4v) is 3.17. The number of benzene rings is 1. The number of likely N-dealkylation sites (tertiary alicyclic amines) is 1. The van der Waals surface area contributed by atoms with Gasteiger partial charge in [0.05, 0.1) is 18.7 Å². The van der Waals surface area contributed by atoms with Crippen molar-refractivity contribution in [1.82, 2.24) is 30.3 Å². The van der Waals surface area contributed by atoms with E-state index in [0.717, 1.165) is 30.2 Å². The van der Waals surface area contributed by atoms with Crippen molar-refractivity contribution in [2.24, 2.45) is 0 Å². The van der Waals surface area contributed by atoms with Crippen molar-refractivity contribution in [1.29, 1.82) is 0 Å². The SMILES string of the molecule is CO[C@@H]1C[C@@H](c2n[nH]c(C)n2)N(Cc2nnc(-c3ccccc3)o2)C1. The Morgan fingerprint density at radius 2 is 2.12 bits per heavy atom. The summed E-state index contributed by atoms with van der Waals surface area (Å²) in [5, 5.41) is 15.6. The molecule has 25 heavy (non-hydrogen) atoms. The number of methoxy groups -OCH3 is 1. The summed E-state index contributed by atoms with van der Waals surface area (Å²) in [7, 11) is 1.73. The number of nitrogens with zero attached hydrogens (tertiary/aromatic N) is 5. The van der Waals surface area contributed by atoms with E-state index in [0.29, 0.717) is 18.3 Å². The van der Waals surface area contributed by atoms with Crippen LogP contribution in [0.5, 0.6) is 0 Å². The highest BCUT2D eigenvalue weighted by Gasteiger charge is 2.36. The van der Waals surface area contributed by atoms with Crippen molar-refractivity contribution in [3.8, 4) is 11.5 Å². The van der Waals surface area contributed by atoms with E-state index in [1.54, 1.807) is 7.11 Å². The predicted molar refractivity (Wildman–Crippen MR) is 89.4 cm³/mol. The van der Waals surface area contributed by atoms with Crippen LogP contribution in [0.4, 0.5) is 0 Å². The van der Waals surface area contributed by atoms with Crippen molar-refractivity contribution in [3.05, 3.63) is 47.9 Å². The molecule has 3 aromatic rings. The number of H-pyrrole nitrogens is 1. The van der Waals surface area contributed by atoms with E-state index in [1.807, 2.05) is 37.3 Å². The Hall–Kier alpha value is -2.58. The maximum Gasteiger partial charge on any atom is 0.247 e. The quantitative estimate of drug-likeness (QED) is 0.760. The lowest BCUT2D eigenvalue weighted by Gasteiger charge is -2.19. The van der Waals surface area contributed by atoms with E-state index in [4.69, 9.17) is 9.15 Å². The summed E-state index contributed by atoms with van der Waals surface area (Å²) in [5.74, 6) is 2.69. The number of nitrogens with one attached hydrogen (secondary N) is 1. The van der Waals surface area contributed by atoms with Gasteiger partial charge in [0.1, 0.15) is 5.82 Å². The first-order chi connectivity index (χ1) is 12.2. The van der Waals surface area contributed by atoms with Gasteiger partial charge in [0, 0.05) is 19.2 Å². The zero-order chi connectivity index (χ0) is 17.2. The van der Waals surface area contributed by atoms with Crippen LogP contribution in [-0.4, -0.2) is 50.0 Å². The monoisotopic (exact) mass is 340 g/mol. The van der Waals surface area contributed by atoms with Gasteiger partial charge in [-0.05, 0) is 25.5 Å². The molecule has 0 bridgehead atoms. The van der Waals surface area contributed by atoms with Crippen LogP contribution in [0.15, 0.2) is 34.7 Å². The zero-order valence-electron chi connectivity index (χ0n) is 14.2. The topological polar surface area (TPSA) is 93.0 Å². The first kappa shape index (κ1) is 15.9. The van der Waals surface area contributed by atoms with Gasteiger partial charge in [-0.25, -0.2) is 4.98 Å². The van der Waals surface area contributed by atoms with Crippen LogP contribution < -0.4 is 0 Å². The van der Waals surface area contributed by atoms with Crippen molar-refractivity contribution in [2.45, 2.75) is 32.0 Å². The van der Waals surface area contributed by atoms with Crippen LogP contribution >= 0.6 is 0 Å². The van der Waals surface area contributed by atoms with Crippen LogP contribution in [0.2, 0.25) is 0 Å². The molecule has 2 atom stereocenters. The van der Waals surface area contributed by atoms with Gasteiger partial charge in [-0.2, -0.15) is 5.10 Å². The summed E-state index contributed by atoms with van der Waals surface area (Å²) in [4.78, 5) is 6.70. The summed E-state index contributed by atoms with van der Waals surface area (Å²) in [5.41, 5.74) is 0.915. The normalized spacial score (nSPS) is 21.0. The minimum atomic E-state index is 0.0713. The van der Waals surface area contributed by atoms with Crippen molar-refractivity contribution < 1.29 is 9.15 Å². The average molecular weight is 340 g/mol. The maximum absolute atomic E-state index is 5.84. The van der Waals surface area contributed by atoms with Gasteiger partial charge in [0.15, 0.2) is 5.82 Å². The van der Waals surface area contributed by atoms with Crippen LogP contribution in [0.25, 0.3) is 11.5 Å². The van der Waals surface area contributed by atoms with Crippen LogP contribution in [0.3, 0.4) is 0 Å². The Morgan fingerprint density at radius 3 is 2.84 bits per heavy atom. The van der Waals surface area contributed by atoms with E-state index in [2.05, 4.69) is 30.3 Å². The van der Waals surface area contributed by atoms with E-state index < -0.39 is 0 Å². The average Bonchev–Trinajstić information content (AvgIpc) is 3.36. The number of aromatic amines is 1. The molecule has 1 fully saturated rings. The highest BCUT2D eigenvalue weighted by Crippen LogP contribution is 2.32. The molecule has 0 amide bonds. The first-order valence-corrected chi connectivity index (χ1v) is 8.26. The van der Waals surface area contributed by atoms with Crippen molar-refractivity contribution >= 4 is 0 Å². The molecule has 2 aromatic heterocycles. The van der Waals surface area contributed by atoms with Crippen molar-refractivity contribution in [2.75, 3.05) is 13.7 Å². The lowest BCUT2D eigenvalue weighted by atomic mass is 10.2. The van der Waals surface area contributed by atoms with Gasteiger partial charge in [-0.15, -0.1) is 10.2 Å². The fraction of sp³-hybridized carbons (Fsp3) is 0.412. The Labute approximate surface area is 145 Å². The smallest absolute Gasteiger partial charge is 0.247 e. The second-order valence-electron chi connectivity index (χ2n) is 6.18. The Bertz CT molecular complexity index is 831. The molecule has 0 saturated carbocycles. The molecule has 0 aliphatic carbocycles. The number of aryl methyl sites for hydroxylation is 1. The van der Waals surface area contributed by atoms with Crippen molar-refractivity contribution in [3.63, 3.8) is 0 Å². The highest BCUT2D eigenvalue weighted by molar-refractivity contribution is 5.51. The molecule has 4 rings (SSSR count). The van der Waals surface area contributed by atoms with E-state index in [-0.39, 0.29) is 12.1 Å². The predicted octanol–water partition coefficient (Wildman–Crippen LogP) is 2.13. The molecule has 1 aliphatic heterocycles. The van der Waals surface area contributed by atoms with E-state index in [9.17, 15) is 0 Å². The maximum atomic E-state index is 5.84. The molecule has 3 heterocycles. The molecule has 1 aromatic carbocycles. The number of rotatable bonds is 5. The zero-order valence-corrected chi connectivity index (χ0v) is 14.2. The summed E-state index contributed by atoms with van der Waals surface area (Å²) in [6, 6.07) is 9.83. The molecule has 8 nitrogen and oxygen atoms in total. The molecule has 1 aliphatic rings. The fourth-order valence-electron chi connectivity index (χ4n) is 3.17. The van der Waals surface area contributed by atoms with Gasteiger partial charge in [-0.3, -0.25) is 10.00 Å². The third-order valence-corrected chi connectivity index (χ3v) is 4.44. The summed E-state index contributed by atoms with van der Waals surface area (Å²) < 4.78 is 11.4. The molecule has 1 N–H and O–H groups in total. The van der Waals surface area contributed by atoms with Gasteiger partial charge in [-0.1, -0.05) is 18.2 Å². The van der Waals surface area contributed by atoms with E-state index in [1.165, 1.54) is 0 Å². The number of hydrogen-bond donors (Lipinski definition) is 1. The van der Waals surface area contributed by atoms with Crippen LogP contribution in [0.1, 0.15) is 30.0 Å². The minimum Gasteiger partial charge on any atom is -0.419 e. The molecule has 0 spiro atoms. The summed E-state index contributed by atoms with van der Waals surface area (Å²) >= 11 is 0. The summed E-state index contributed by atoms with van der Waals surface area (Å²) in [6.07, 6.45) is 0.980. The third-order valence-electron chi connectivity index (χ3n) is 4.44. The first-order valence-electron chi connectivity index (χ1n) is 8.26. The Morgan fingerprint density at radius 1 is 1.28 bits per heavy atom. The largest absolute Gasteiger partial charge is 0.419 e. The number of hydrogen-bond acceptors (Lipinski definition) is 7. The summed E-state index contributed by atoms with van der Waals surface area (Å²) in [6.45, 7) is 3.21. The molecule has 0 unspecified atom stereocenters.